The van der Waals surface area contributed by atoms with E-state index in [9.17, 15) is 4.79 Å². The fraction of sp³-hybridized carbons (Fsp3) is 0.458. The molecule has 3 rings (SSSR count). The van der Waals surface area contributed by atoms with Gasteiger partial charge in [-0.05, 0) is 42.2 Å². The zero-order valence-electron chi connectivity index (χ0n) is 17.0. The summed E-state index contributed by atoms with van der Waals surface area (Å²) in [5, 5.41) is 0. The normalized spacial score (nSPS) is 16.1. The van der Waals surface area contributed by atoms with Gasteiger partial charge >= 0.3 is 0 Å². The number of carbonyl (C=O) groups is 1. The third kappa shape index (κ3) is 5.91. The quantitative estimate of drug-likeness (QED) is 0.678. The first-order chi connectivity index (χ1) is 13.6. The Morgan fingerprint density at radius 2 is 1.71 bits per heavy atom. The average molecular weight is 383 g/mol. The number of Topliss-reactive ketones (excluding diaryl/α,β-unsaturated/α-hetero) is 1. The minimum Gasteiger partial charge on any atom is -0.494 e. The molecule has 1 heterocycles. The van der Waals surface area contributed by atoms with Crippen LogP contribution in [0.1, 0.15) is 42.1 Å². The van der Waals surface area contributed by atoms with Gasteiger partial charge in [-0.3, -0.25) is 4.79 Å². The summed E-state index contributed by atoms with van der Waals surface area (Å²) < 4.78 is 11.3. The van der Waals surface area contributed by atoms with Crippen molar-refractivity contribution in [2.75, 3.05) is 39.5 Å². The van der Waals surface area contributed by atoms with Gasteiger partial charge in [0.1, 0.15) is 18.8 Å². The molecule has 0 aliphatic carbocycles. The Hall–Kier alpha value is -2.17. The number of rotatable bonds is 9. The van der Waals surface area contributed by atoms with E-state index >= 15 is 0 Å². The van der Waals surface area contributed by atoms with Crippen molar-refractivity contribution in [2.45, 2.75) is 26.2 Å². The van der Waals surface area contributed by atoms with Crippen LogP contribution in [0, 0.1) is 5.92 Å². The highest BCUT2D eigenvalue weighted by atomic mass is 16.5. The number of nitrogens with one attached hydrogen (secondary N) is 1. The van der Waals surface area contributed by atoms with E-state index in [1.54, 1.807) is 0 Å². The van der Waals surface area contributed by atoms with Gasteiger partial charge in [0.05, 0.1) is 32.3 Å². The second-order valence-corrected chi connectivity index (χ2v) is 7.95. The van der Waals surface area contributed by atoms with Crippen molar-refractivity contribution in [1.82, 2.24) is 0 Å². The number of ether oxygens (including phenoxy) is 2. The van der Waals surface area contributed by atoms with Crippen LogP contribution in [0.15, 0.2) is 54.6 Å². The van der Waals surface area contributed by atoms with Crippen LogP contribution < -0.4 is 9.64 Å². The number of quaternary nitrogens is 1. The van der Waals surface area contributed by atoms with E-state index in [0.717, 1.165) is 56.1 Å². The van der Waals surface area contributed by atoms with Gasteiger partial charge in [-0.15, -0.1) is 0 Å². The van der Waals surface area contributed by atoms with Crippen LogP contribution in [0.2, 0.25) is 0 Å². The monoisotopic (exact) mass is 382 g/mol. The minimum absolute atomic E-state index is 0.137. The van der Waals surface area contributed by atoms with Crippen LogP contribution in [0.4, 0.5) is 0 Å². The Bertz CT molecular complexity index is 721. The van der Waals surface area contributed by atoms with E-state index in [0.29, 0.717) is 12.5 Å². The predicted molar refractivity (Wildman–Crippen MR) is 111 cm³/mol. The maximum atomic E-state index is 13.3. The Labute approximate surface area is 168 Å². The topological polar surface area (TPSA) is 40.0 Å². The molecule has 2 aromatic carbocycles. The molecule has 0 amide bonds. The lowest BCUT2D eigenvalue weighted by Crippen LogP contribution is -3.14. The summed E-state index contributed by atoms with van der Waals surface area (Å²) in [7, 11) is 0. The van der Waals surface area contributed by atoms with Gasteiger partial charge in [0.15, 0.2) is 5.78 Å². The van der Waals surface area contributed by atoms with E-state index in [1.807, 2.05) is 42.5 Å². The van der Waals surface area contributed by atoms with Crippen LogP contribution in [-0.2, 0) is 4.74 Å². The molecule has 150 valence electrons. The molecule has 1 aliphatic rings. The van der Waals surface area contributed by atoms with Crippen LogP contribution >= 0.6 is 0 Å². The second-order valence-electron chi connectivity index (χ2n) is 7.95. The number of ketones is 1. The van der Waals surface area contributed by atoms with Gasteiger partial charge < -0.3 is 14.4 Å². The Morgan fingerprint density at radius 3 is 2.36 bits per heavy atom. The molecule has 28 heavy (non-hydrogen) atoms. The number of hydrogen-bond donors (Lipinski definition) is 1. The lowest BCUT2D eigenvalue weighted by atomic mass is 9.90. The van der Waals surface area contributed by atoms with E-state index in [4.69, 9.17) is 9.47 Å². The first-order valence-electron chi connectivity index (χ1n) is 10.4. The molecule has 0 spiro atoms. The molecule has 1 atom stereocenters. The summed E-state index contributed by atoms with van der Waals surface area (Å²) in [6, 6.07) is 17.8. The summed E-state index contributed by atoms with van der Waals surface area (Å²) in [5.41, 5.74) is 1.83. The van der Waals surface area contributed by atoms with Gasteiger partial charge in [0.2, 0.25) is 0 Å². The Balaban J connectivity index is 1.71. The van der Waals surface area contributed by atoms with Gasteiger partial charge in [-0.1, -0.05) is 44.2 Å². The van der Waals surface area contributed by atoms with Crippen LogP contribution in [-0.4, -0.2) is 45.2 Å². The van der Waals surface area contributed by atoms with Crippen LogP contribution in [0.25, 0.3) is 0 Å². The van der Waals surface area contributed by atoms with Crippen molar-refractivity contribution < 1.29 is 19.2 Å². The highest BCUT2D eigenvalue weighted by Gasteiger charge is 2.28. The zero-order valence-corrected chi connectivity index (χ0v) is 17.0. The minimum atomic E-state index is -0.137. The first-order valence-corrected chi connectivity index (χ1v) is 10.4. The number of hydrogen-bond acceptors (Lipinski definition) is 3. The first kappa shape index (κ1) is 20.6. The standard InChI is InChI=1S/C24H31NO3/c1-19(2)12-15-28-22-10-8-21(9-11-22)24(26)23(20-6-4-3-5-7-20)18-25-13-16-27-17-14-25/h3-11,19,23H,12-18H2,1-2H3/p+1/t23-/m1/s1. The van der Waals surface area contributed by atoms with Crippen molar-refractivity contribution in [2.24, 2.45) is 5.92 Å². The third-order valence-corrected chi connectivity index (χ3v) is 5.31. The number of morpholine rings is 1. The molecule has 1 fully saturated rings. The molecule has 1 N–H and O–H groups in total. The largest absolute Gasteiger partial charge is 0.494 e. The van der Waals surface area contributed by atoms with Gasteiger partial charge in [-0.2, -0.15) is 0 Å². The molecule has 0 aromatic heterocycles. The van der Waals surface area contributed by atoms with E-state index in [-0.39, 0.29) is 11.7 Å². The molecule has 0 radical (unpaired) electrons. The molecule has 2 aromatic rings. The SMILES string of the molecule is CC(C)CCOc1ccc(C(=O)[C@H](C[NH+]2CCOCC2)c2ccccc2)cc1. The van der Waals surface area contributed by atoms with Gasteiger partial charge in [0, 0.05) is 5.56 Å². The highest BCUT2D eigenvalue weighted by molar-refractivity contribution is 6.01. The molecule has 0 unspecified atom stereocenters. The molecule has 1 saturated heterocycles. The predicted octanol–water partition coefficient (Wildman–Crippen LogP) is 2.99. The molecular weight excluding hydrogens is 350 g/mol. The summed E-state index contributed by atoms with van der Waals surface area (Å²) in [6.45, 7) is 9.34. The second kappa shape index (κ2) is 10.4. The molecule has 0 saturated carbocycles. The fourth-order valence-electron chi connectivity index (χ4n) is 3.53. The van der Waals surface area contributed by atoms with E-state index < -0.39 is 0 Å². The highest BCUT2D eigenvalue weighted by Crippen LogP contribution is 2.22. The Kier molecular flexibility index (Phi) is 7.63. The fourth-order valence-corrected chi connectivity index (χ4v) is 3.53. The lowest BCUT2D eigenvalue weighted by molar-refractivity contribution is -0.908. The summed E-state index contributed by atoms with van der Waals surface area (Å²) in [5.74, 6) is 1.49. The van der Waals surface area contributed by atoms with Crippen molar-refractivity contribution in [3.63, 3.8) is 0 Å². The van der Waals surface area contributed by atoms with Crippen molar-refractivity contribution in [3.8, 4) is 5.75 Å². The van der Waals surface area contributed by atoms with Crippen molar-refractivity contribution in [3.05, 3.63) is 65.7 Å². The lowest BCUT2D eigenvalue weighted by Gasteiger charge is -2.27. The van der Waals surface area contributed by atoms with Crippen LogP contribution in [0.5, 0.6) is 5.75 Å². The maximum Gasteiger partial charge on any atom is 0.175 e. The van der Waals surface area contributed by atoms with E-state index in [1.165, 1.54) is 4.90 Å². The molecule has 1 aliphatic heterocycles. The summed E-state index contributed by atoms with van der Waals surface area (Å²) in [4.78, 5) is 14.8. The third-order valence-electron chi connectivity index (χ3n) is 5.31. The van der Waals surface area contributed by atoms with Crippen molar-refractivity contribution in [1.29, 1.82) is 0 Å². The zero-order chi connectivity index (χ0) is 19.8. The smallest absolute Gasteiger partial charge is 0.175 e. The average Bonchev–Trinajstić information content (AvgIpc) is 2.73. The Morgan fingerprint density at radius 1 is 1.04 bits per heavy atom. The number of carbonyl (C=O) groups excluding carboxylic acids is 1. The van der Waals surface area contributed by atoms with Crippen LogP contribution in [0.3, 0.4) is 0 Å². The van der Waals surface area contributed by atoms with E-state index in [2.05, 4.69) is 26.0 Å². The molecule has 4 heteroatoms. The number of benzene rings is 2. The molecule has 4 nitrogen and oxygen atoms in total. The summed E-state index contributed by atoms with van der Waals surface area (Å²) in [6.07, 6.45) is 1.03. The summed E-state index contributed by atoms with van der Waals surface area (Å²) >= 11 is 0. The van der Waals surface area contributed by atoms with Crippen molar-refractivity contribution >= 4 is 5.78 Å². The molecule has 0 bridgehead atoms. The van der Waals surface area contributed by atoms with Gasteiger partial charge in [0.25, 0.3) is 0 Å². The molecular formula is C24H32NO3+. The van der Waals surface area contributed by atoms with Gasteiger partial charge in [-0.25, -0.2) is 0 Å². The maximum absolute atomic E-state index is 13.3.